The van der Waals surface area contributed by atoms with Crippen LogP contribution in [0.4, 0.5) is 5.69 Å². The molecule has 21 heavy (non-hydrogen) atoms. The largest absolute Gasteiger partial charge is 0.382 e. The van der Waals surface area contributed by atoms with E-state index < -0.39 is 0 Å². The second-order valence-electron chi connectivity index (χ2n) is 5.88. The van der Waals surface area contributed by atoms with Crippen molar-refractivity contribution in [3.05, 3.63) is 29.8 Å². The van der Waals surface area contributed by atoms with Crippen molar-refractivity contribution in [3.63, 3.8) is 0 Å². The highest BCUT2D eigenvalue weighted by Crippen LogP contribution is 2.35. The number of nitrogens with zero attached hydrogens (tertiary/aromatic N) is 1. The Hall–Kier alpha value is -2.04. The predicted molar refractivity (Wildman–Crippen MR) is 81.1 cm³/mol. The van der Waals surface area contributed by atoms with Crippen LogP contribution in [0.5, 0.6) is 0 Å². The van der Waals surface area contributed by atoms with E-state index >= 15 is 0 Å². The van der Waals surface area contributed by atoms with Crippen LogP contribution in [0.15, 0.2) is 24.3 Å². The molecule has 112 valence electrons. The molecule has 2 amide bonds. The molecule has 0 aliphatic carbocycles. The first-order valence-electron chi connectivity index (χ1n) is 7.56. The quantitative estimate of drug-likeness (QED) is 0.819. The summed E-state index contributed by atoms with van der Waals surface area (Å²) in [5.74, 6) is -0.132. The molecule has 0 radical (unpaired) electrons. The van der Waals surface area contributed by atoms with E-state index in [2.05, 4.69) is 17.6 Å². The summed E-state index contributed by atoms with van der Waals surface area (Å²) in [6.07, 6.45) is 1.59. The van der Waals surface area contributed by atoms with Gasteiger partial charge >= 0.3 is 0 Å². The van der Waals surface area contributed by atoms with E-state index in [0.717, 1.165) is 24.1 Å². The summed E-state index contributed by atoms with van der Waals surface area (Å²) in [6.45, 7) is 3.57. The SMILES string of the molecule is CC1CC(C(=O)N2CCCNC(=O)C2)c2ccccc2N1. The van der Waals surface area contributed by atoms with Gasteiger partial charge < -0.3 is 15.5 Å². The maximum Gasteiger partial charge on any atom is 0.239 e. The Morgan fingerprint density at radius 2 is 2.14 bits per heavy atom. The van der Waals surface area contributed by atoms with E-state index in [1.807, 2.05) is 24.3 Å². The van der Waals surface area contributed by atoms with Crippen molar-refractivity contribution in [1.29, 1.82) is 0 Å². The van der Waals surface area contributed by atoms with E-state index in [0.29, 0.717) is 13.1 Å². The Balaban J connectivity index is 1.85. The third kappa shape index (κ3) is 2.86. The molecule has 2 atom stereocenters. The highest BCUT2D eigenvalue weighted by molar-refractivity contribution is 5.90. The lowest BCUT2D eigenvalue weighted by Gasteiger charge is -2.33. The van der Waals surface area contributed by atoms with E-state index in [1.54, 1.807) is 4.90 Å². The fourth-order valence-corrected chi connectivity index (χ4v) is 3.19. The Morgan fingerprint density at radius 3 is 3.00 bits per heavy atom. The van der Waals surface area contributed by atoms with Crippen molar-refractivity contribution >= 4 is 17.5 Å². The van der Waals surface area contributed by atoms with Gasteiger partial charge in [0.05, 0.1) is 12.5 Å². The normalized spacial score (nSPS) is 25.4. The van der Waals surface area contributed by atoms with Crippen molar-refractivity contribution in [3.8, 4) is 0 Å². The minimum atomic E-state index is -0.150. The van der Waals surface area contributed by atoms with Gasteiger partial charge in [-0.3, -0.25) is 9.59 Å². The van der Waals surface area contributed by atoms with Gasteiger partial charge in [-0.05, 0) is 31.4 Å². The molecule has 1 aromatic rings. The van der Waals surface area contributed by atoms with Crippen LogP contribution in [-0.2, 0) is 9.59 Å². The van der Waals surface area contributed by atoms with Crippen molar-refractivity contribution in [1.82, 2.24) is 10.2 Å². The van der Waals surface area contributed by atoms with Gasteiger partial charge in [0.25, 0.3) is 0 Å². The Kier molecular flexibility index (Phi) is 3.82. The highest BCUT2D eigenvalue weighted by atomic mass is 16.2. The summed E-state index contributed by atoms with van der Waals surface area (Å²) in [5.41, 5.74) is 2.08. The number of benzene rings is 1. The van der Waals surface area contributed by atoms with Crippen LogP contribution in [0.1, 0.15) is 31.2 Å². The molecule has 2 N–H and O–H groups in total. The van der Waals surface area contributed by atoms with Crippen LogP contribution >= 0.6 is 0 Å². The second-order valence-corrected chi connectivity index (χ2v) is 5.88. The van der Waals surface area contributed by atoms with Gasteiger partial charge in [-0.2, -0.15) is 0 Å². The molecule has 5 heteroatoms. The van der Waals surface area contributed by atoms with Gasteiger partial charge in [0.1, 0.15) is 0 Å². The lowest BCUT2D eigenvalue weighted by atomic mass is 9.86. The van der Waals surface area contributed by atoms with Crippen LogP contribution in [0.25, 0.3) is 0 Å². The summed E-state index contributed by atoms with van der Waals surface area (Å²) in [6, 6.07) is 8.22. The zero-order chi connectivity index (χ0) is 14.8. The number of para-hydroxylation sites is 1. The predicted octanol–water partition coefficient (Wildman–Crippen LogP) is 1.32. The minimum absolute atomic E-state index is 0.0591. The standard InChI is InChI=1S/C16H21N3O2/c1-11-9-13(12-5-2-3-6-14(12)18-11)16(21)19-8-4-7-17-15(20)10-19/h2-3,5-6,11,13,18H,4,7-10H2,1H3,(H,17,20). The zero-order valence-electron chi connectivity index (χ0n) is 12.3. The number of nitrogens with one attached hydrogen (secondary N) is 2. The van der Waals surface area contributed by atoms with Crippen molar-refractivity contribution in [2.45, 2.75) is 31.7 Å². The summed E-state index contributed by atoms with van der Waals surface area (Å²) in [5, 5.41) is 6.23. The van der Waals surface area contributed by atoms with Crippen LogP contribution in [-0.4, -0.2) is 42.4 Å². The molecule has 1 saturated heterocycles. The number of amides is 2. The van der Waals surface area contributed by atoms with Crippen molar-refractivity contribution in [2.24, 2.45) is 0 Å². The van der Waals surface area contributed by atoms with E-state index in [-0.39, 0.29) is 30.3 Å². The topological polar surface area (TPSA) is 61.4 Å². The van der Waals surface area contributed by atoms with Gasteiger partial charge in [-0.1, -0.05) is 18.2 Å². The molecule has 2 aliphatic heterocycles. The number of carbonyl (C=O) groups excluding carboxylic acids is 2. The van der Waals surface area contributed by atoms with Crippen molar-refractivity contribution in [2.75, 3.05) is 25.0 Å². The lowest BCUT2D eigenvalue weighted by molar-refractivity contribution is -0.136. The molecule has 3 rings (SSSR count). The van der Waals surface area contributed by atoms with Crippen LogP contribution < -0.4 is 10.6 Å². The Bertz CT molecular complexity index is 558. The number of rotatable bonds is 1. The molecule has 0 aromatic heterocycles. The van der Waals surface area contributed by atoms with Gasteiger partial charge in [0.15, 0.2) is 0 Å². The average molecular weight is 287 g/mol. The maximum absolute atomic E-state index is 12.9. The fourth-order valence-electron chi connectivity index (χ4n) is 3.19. The summed E-state index contributed by atoms with van der Waals surface area (Å²) >= 11 is 0. The third-order valence-corrected chi connectivity index (χ3v) is 4.20. The van der Waals surface area contributed by atoms with E-state index in [9.17, 15) is 9.59 Å². The smallest absolute Gasteiger partial charge is 0.239 e. The molecular formula is C16H21N3O2. The molecule has 1 fully saturated rings. The lowest BCUT2D eigenvalue weighted by Crippen LogP contribution is -2.42. The third-order valence-electron chi connectivity index (χ3n) is 4.20. The fraction of sp³-hybridized carbons (Fsp3) is 0.500. The van der Waals surface area contributed by atoms with Crippen molar-refractivity contribution < 1.29 is 9.59 Å². The summed E-state index contributed by atoms with van der Waals surface area (Å²) in [7, 11) is 0. The number of hydrogen-bond donors (Lipinski definition) is 2. The van der Waals surface area contributed by atoms with Gasteiger partial charge in [0.2, 0.25) is 11.8 Å². The van der Waals surface area contributed by atoms with Gasteiger partial charge in [-0.25, -0.2) is 0 Å². The van der Waals surface area contributed by atoms with E-state index in [1.165, 1.54) is 0 Å². The van der Waals surface area contributed by atoms with Crippen LogP contribution in [0.3, 0.4) is 0 Å². The minimum Gasteiger partial charge on any atom is -0.382 e. The number of fused-ring (bicyclic) bond motifs is 1. The van der Waals surface area contributed by atoms with Crippen LogP contribution in [0.2, 0.25) is 0 Å². The van der Waals surface area contributed by atoms with Gasteiger partial charge in [-0.15, -0.1) is 0 Å². The monoisotopic (exact) mass is 287 g/mol. The Morgan fingerprint density at radius 1 is 1.33 bits per heavy atom. The molecule has 1 aromatic carbocycles. The highest BCUT2D eigenvalue weighted by Gasteiger charge is 2.33. The molecule has 2 heterocycles. The molecular weight excluding hydrogens is 266 g/mol. The molecule has 0 saturated carbocycles. The first-order chi connectivity index (χ1) is 10.1. The molecule has 2 aliphatic rings. The molecule has 0 bridgehead atoms. The summed E-state index contributed by atoms with van der Waals surface area (Å²) < 4.78 is 0. The van der Waals surface area contributed by atoms with E-state index in [4.69, 9.17) is 0 Å². The number of carbonyl (C=O) groups is 2. The molecule has 0 spiro atoms. The zero-order valence-corrected chi connectivity index (χ0v) is 12.3. The average Bonchev–Trinajstić information content (AvgIpc) is 2.70. The first-order valence-corrected chi connectivity index (χ1v) is 7.56. The second kappa shape index (κ2) is 5.76. The van der Waals surface area contributed by atoms with Crippen LogP contribution in [0, 0.1) is 0 Å². The number of hydrogen-bond acceptors (Lipinski definition) is 3. The molecule has 2 unspecified atom stereocenters. The number of anilines is 1. The maximum atomic E-state index is 12.9. The Labute approximate surface area is 124 Å². The first kappa shape index (κ1) is 13.9. The molecule has 5 nitrogen and oxygen atoms in total. The van der Waals surface area contributed by atoms with Gasteiger partial charge in [0, 0.05) is 24.8 Å². The summed E-state index contributed by atoms with van der Waals surface area (Å²) in [4.78, 5) is 26.3.